The number of aryl methyl sites for hydroxylation is 1. The summed E-state index contributed by atoms with van der Waals surface area (Å²) in [7, 11) is 0. The molecule has 8 heteroatoms. The van der Waals surface area contributed by atoms with Crippen molar-refractivity contribution in [3.8, 4) is 0 Å². The lowest BCUT2D eigenvalue weighted by Crippen LogP contribution is -2.44. The van der Waals surface area contributed by atoms with Crippen LogP contribution in [0.5, 0.6) is 0 Å². The fraction of sp³-hybridized carbons (Fsp3) is 0.318. The van der Waals surface area contributed by atoms with Crippen molar-refractivity contribution in [2.45, 2.75) is 38.8 Å². The van der Waals surface area contributed by atoms with E-state index in [1.807, 2.05) is 31.2 Å². The lowest BCUT2D eigenvalue weighted by atomic mass is 9.91. The summed E-state index contributed by atoms with van der Waals surface area (Å²) in [6.07, 6.45) is 0.901. The van der Waals surface area contributed by atoms with Crippen LogP contribution in [0.1, 0.15) is 43.5 Å². The van der Waals surface area contributed by atoms with Crippen molar-refractivity contribution in [3.05, 3.63) is 70.8 Å². The van der Waals surface area contributed by atoms with Gasteiger partial charge in [0.25, 0.3) is 5.91 Å². The third-order valence-corrected chi connectivity index (χ3v) is 5.31. The van der Waals surface area contributed by atoms with E-state index in [0.717, 1.165) is 30.2 Å². The van der Waals surface area contributed by atoms with E-state index in [9.17, 15) is 23.2 Å². The van der Waals surface area contributed by atoms with Crippen LogP contribution in [0, 0.1) is 11.6 Å². The molecule has 158 valence electrons. The Bertz CT molecular complexity index is 994. The van der Waals surface area contributed by atoms with E-state index in [2.05, 4.69) is 10.6 Å². The third-order valence-electron chi connectivity index (χ3n) is 5.31. The summed E-state index contributed by atoms with van der Waals surface area (Å²) in [6.45, 7) is 4.58. The molecule has 1 aliphatic rings. The molecule has 0 bridgehead atoms. The predicted molar refractivity (Wildman–Crippen MR) is 106 cm³/mol. The summed E-state index contributed by atoms with van der Waals surface area (Å²) >= 11 is 0. The average molecular weight is 415 g/mol. The molecule has 2 N–H and O–H groups in total. The molecule has 0 radical (unpaired) electrons. The first-order chi connectivity index (χ1) is 14.2. The zero-order valence-electron chi connectivity index (χ0n) is 17.0. The van der Waals surface area contributed by atoms with E-state index >= 15 is 0 Å². The van der Waals surface area contributed by atoms with Gasteiger partial charge in [-0.25, -0.2) is 13.6 Å². The molecule has 1 aliphatic heterocycles. The van der Waals surface area contributed by atoms with Gasteiger partial charge in [-0.2, -0.15) is 0 Å². The van der Waals surface area contributed by atoms with E-state index in [1.165, 1.54) is 12.5 Å². The summed E-state index contributed by atoms with van der Waals surface area (Å²) in [5, 5.41) is 5.11. The molecule has 2 atom stereocenters. The van der Waals surface area contributed by atoms with Crippen molar-refractivity contribution in [1.82, 2.24) is 15.5 Å². The molecule has 2 aromatic rings. The molecule has 2 aromatic carbocycles. The maximum Gasteiger partial charge on any atom is 0.325 e. The Morgan fingerprint density at radius 2 is 1.83 bits per heavy atom. The number of hydrogen-bond donors (Lipinski definition) is 2. The fourth-order valence-corrected chi connectivity index (χ4v) is 3.46. The molecule has 3 rings (SSSR count). The van der Waals surface area contributed by atoms with Gasteiger partial charge in [0.1, 0.15) is 23.7 Å². The number of urea groups is 1. The third kappa shape index (κ3) is 4.03. The van der Waals surface area contributed by atoms with Gasteiger partial charge in [-0.15, -0.1) is 0 Å². The first kappa shape index (κ1) is 21.4. The number of nitrogens with zero attached hydrogens (tertiary/aromatic N) is 1. The quantitative estimate of drug-likeness (QED) is 0.712. The van der Waals surface area contributed by atoms with E-state index < -0.39 is 41.6 Å². The molecular weight excluding hydrogens is 392 g/mol. The molecule has 0 unspecified atom stereocenters. The summed E-state index contributed by atoms with van der Waals surface area (Å²) < 4.78 is 27.8. The van der Waals surface area contributed by atoms with E-state index in [-0.39, 0.29) is 11.6 Å². The minimum absolute atomic E-state index is 0.298. The van der Waals surface area contributed by atoms with Crippen LogP contribution >= 0.6 is 0 Å². The molecule has 0 saturated carbocycles. The van der Waals surface area contributed by atoms with E-state index in [4.69, 9.17) is 0 Å². The number of imide groups is 1. The highest BCUT2D eigenvalue weighted by molar-refractivity contribution is 6.09. The van der Waals surface area contributed by atoms with Crippen molar-refractivity contribution in [1.29, 1.82) is 0 Å². The number of carbonyl (C=O) groups is 3. The SMILES string of the molecule is CCc1ccc([C@@H](C)NC(=O)CN2C(=O)N[C@@](C)(c3cc(F)ccc3F)C2=O)cc1. The topological polar surface area (TPSA) is 78.5 Å². The number of halogens is 2. The Kier molecular flexibility index (Phi) is 5.87. The highest BCUT2D eigenvalue weighted by Crippen LogP contribution is 2.31. The maximum atomic E-state index is 14.2. The number of hydrogen-bond acceptors (Lipinski definition) is 3. The van der Waals surface area contributed by atoms with Gasteiger partial charge in [0.2, 0.25) is 5.91 Å². The Labute approximate surface area is 173 Å². The Morgan fingerprint density at radius 3 is 2.47 bits per heavy atom. The molecule has 6 nitrogen and oxygen atoms in total. The molecule has 0 aliphatic carbocycles. The van der Waals surface area contributed by atoms with Gasteiger partial charge >= 0.3 is 6.03 Å². The van der Waals surface area contributed by atoms with E-state index in [0.29, 0.717) is 4.90 Å². The van der Waals surface area contributed by atoms with Crippen molar-refractivity contribution >= 4 is 17.8 Å². The Balaban J connectivity index is 1.71. The first-order valence-corrected chi connectivity index (χ1v) is 9.63. The standard InChI is InChI=1S/C22H23F2N3O3/c1-4-14-5-7-15(8-6-14)13(2)25-19(28)12-27-20(29)22(3,26-21(27)30)17-11-16(23)9-10-18(17)24/h5-11,13H,4,12H2,1-3H3,(H,25,28)(H,26,30)/t13-,22+/m1/s1. The Morgan fingerprint density at radius 1 is 1.17 bits per heavy atom. The maximum absolute atomic E-state index is 14.2. The lowest BCUT2D eigenvalue weighted by Gasteiger charge is -2.23. The summed E-state index contributed by atoms with van der Waals surface area (Å²) in [5.74, 6) is -2.95. The minimum atomic E-state index is -1.80. The van der Waals surface area contributed by atoms with Gasteiger partial charge in [0.15, 0.2) is 0 Å². The number of benzene rings is 2. The number of carbonyl (C=O) groups excluding carboxylic acids is 3. The van der Waals surface area contributed by atoms with Gasteiger partial charge in [0, 0.05) is 5.56 Å². The predicted octanol–water partition coefficient (Wildman–Crippen LogP) is 3.17. The number of amides is 4. The Hall–Kier alpha value is -3.29. The van der Waals surface area contributed by atoms with Crippen molar-refractivity contribution < 1.29 is 23.2 Å². The first-order valence-electron chi connectivity index (χ1n) is 9.63. The van der Waals surface area contributed by atoms with Gasteiger partial charge in [-0.3, -0.25) is 14.5 Å². The van der Waals surface area contributed by atoms with Crippen molar-refractivity contribution in [3.63, 3.8) is 0 Å². The molecule has 4 amide bonds. The van der Waals surface area contributed by atoms with Gasteiger partial charge < -0.3 is 10.6 Å². The van der Waals surface area contributed by atoms with Gasteiger partial charge in [-0.05, 0) is 49.6 Å². The van der Waals surface area contributed by atoms with Crippen LogP contribution in [0.2, 0.25) is 0 Å². The highest BCUT2D eigenvalue weighted by atomic mass is 19.1. The van der Waals surface area contributed by atoms with Crippen LogP contribution in [0.15, 0.2) is 42.5 Å². The molecule has 0 spiro atoms. The fourth-order valence-electron chi connectivity index (χ4n) is 3.46. The molecular formula is C22H23F2N3O3. The zero-order valence-corrected chi connectivity index (χ0v) is 17.0. The highest BCUT2D eigenvalue weighted by Gasteiger charge is 2.50. The average Bonchev–Trinajstić information content (AvgIpc) is 2.93. The molecule has 1 fully saturated rings. The summed E-state index contributed by atoms with van der Waals surface area (Å²) in [4.78, 5) is 38.3. The number of rotatable bonds is 6. The minimum Gasteiger partial charge on any atom is -0.348 e. The second-order valence-electron chi connectivity index (χ2n) is 7.45. The van der Waals surface area contributed by atoms with Crippen LogP contribution in [0.25, 0.3) is 0 Å². The smallest absolute Gasteiger partial charge is 0.325 e. The van der Waals surface area contributed by atoms with Crippen LogP contribution in [0.4, 0.5) is 13.6 Å². The number of nitrogens with one attached hydrogen (secondary N) is 2. The van der Waals surface area contributed by atoms with Crippen molar-refractivity contribution in [2.75, 3.05) is 6.54 Å². The second kappa shape index (κ2) is 8.22. The van der Waals surface area contributed by atoms with Crippen LogP contribution in [0.3, 0.4) is 0 Å². The zero-order chi connectivity index (χ0) is 22.1. The van der Waals surface area contributed by atoms with Crippen LogP contribution in [-0.4, -0.2) is 29.3 Å². The normalized spacial score (nSPS) is 19.6. The monoisotopic (exact) mass is 415 g/mol. The summed E-state index contributed by atoms with van der Waals surface area (Å²) in [6, 6.07) is 9.22. The van der Waals surface area contributed by atoms with Crippen LogP contribution < -0.4 is 10.6 Å². The largest absolute Gasteiger partial charge is 0.348 e. The van der Waals surface area contributed by atoms with Gasteiger partial charge in [-0.1, -0.05) is 31.2 Å². The molecule has 0 aromatic heterocycles. The molecule has 30 heavy (non-hydrogen) atoms. The lowest BCUT2D eigenvalue weighted by molar-refractivity contribution is -0.135. The van der Waals surface area contributed by atoms with Crippen molar-refractivity contribution in [2.24, 2.45) is 0 Å². The molecule has 1 heterocycles. The van der Waals surface area contributed by atoms with Crippen LogP contribution in [-0.2, 0) is 21.5 Å². The van der Waals surface area contributed by atoms with E-state index in [1.54, 1.807) is 6.92 Å². The summed E-state index contributed by atoms with van der Waals surface area (Å²) in [5.41, 5.74) is -0.0523. The molecule has 1 saturated heterocycles. The second-order valence-corrected chi connectivity index (χ2v) is 7.45. The van der Waals surface area contributed by atoms with Gasteiger partial charge in [0.05, 0.1) is 6.04 Å².